The van der Waals surface area contributed by atoms with Crippen molar-refractivity contribution >= 4 is 23.2 Å². The van der Waals surface area contributed by atoms with Crippen molar-refractivity contribution in [3.05, 3.63) is 28.3 Å². The van der Waals surface area contributed by atoms with Crippen LogP contribution in [0.1, 0.15) is 12.8 Å². The maximum absolute atomic E-state index is 12.6. The van der Waals surface area contributed by atoms with Gasteiger partial charge in [-0.3, -0.25) is 19.7 Å². The van der Waals surface area contributed by atoms with Gasteiger partial charge >= 0.3 is 0 Å². The molecule has 3 fully saturated rings. The second-order valence-corrected chi connectivity index (χ2v) is 5.78. The first-order chi connectivity index (χ1) is 10.5. The molecule has 0 saturated carbocycles. The van der Waals surface area contributed by atoms with Crippen LogP contribution in [0.3, 0.4) is 0 Å². The Morgan fingerprint density at radius 3 is 2.32 bits per heavy atom. The lowest BCUT2D eigenvalue weighted by molar-refractivity contribution is -0.384. The Morgan fingerprint density at radius 1 is 1.18 bits per heavy atom. The van der Waals surface area contributed by atoms with Crippen LogP contribution in [0.25, 0.3) is 0 Å². The average Bonchev–Trinajstić information content (AvgIpc) is 3.14. The number of aromatic hydroxyl groups is 1. The van der Waals surface area contributed by atoms with E-state index in [1.54, 1.807) is 0 Å². The highest BCUT2D eigenvalue weighted by molar-refractivity contribution is 6.23. The number of phenols is 1. The monoisotopic (exact) mass is 304 g/mol. The first-order valence-corrected chi connectivity index (χ1v) is 6.99. The Morgan fingerprint density at radius 2 is 1.77 bits per heavy atom. The summed E-state index contributed by atoms with van der Waals surface area (Å²) in [6, 6.07) is 3.29. The van der Waals surface area contributed by atoms with Crippen LogP contribution in [0.4, 0.5) is 11.4 Å². The molecule has 3 saturated heterocycles. The van der Waals surface area contributed by atoms with Crippen LogP contribution < -0.4 is 4.90 Å². The van der Waals surface area contributed by atoms with E-state index in [0.29, 0.717) is 0 Å². The van der Waals surface area contributed by atoms with Crippen molar-refractivity contribution in [2.45, 2.75) is 25.0 Å². The normalized spacial score (nSPS) is 32.6. The van der Waals surface area contributed by atoms with Gasteiger partial charge in [0.2, 0.25) is 11.8 Å². The third-order valence-corrected chi connectivity index (χ3v) is 4.70. The maximum Gasteiger partial charge on any atom is 0.271 e. The van der Waals surface area contributed by atoms with Gasteiger partial charge in [-0.2, -0.15) is 0 Å². The second kappa shape index (κ2) is 4.26. The number of fused-ring (bicyclic) bond motifs is 5. The molecule has 22 heavy (non-hydrogen) atoms. The number of anilines is 1. The van der Waals surface area contributed by atoms with Crippen molar-refractivity contribution in [1.29, 1.82) is 0 Å². The molecule has 3 aliphatic heterocycles. The summed E-state index contributed by atoms with van der Waals surface area (Å²) in [5, 5.41) is 20.8. The molecular formula is C14H12N2O6. The number of benzene rings is 1. The van der Waals surface area contributed by atoms with Gasteiger partial charge in [0.05, 0.1) is 29.0 Å². The highest BCUT2D eigenvalue weighted by atomic mass is 16.6. The first-order valence-electron chi connectivity index (χ1n) is 6.99. The van der Waals surface area contributed by atoms with Crippen molar-refractivity contribution in [2.24, 2.45) is 11.8 Å². The molecule has 3 aliphatic rings. The molecule has 0 unspecified atom stereocenters. The number of nitro groups is 1. The van der Waals surface area contributed by atoms with E-state index in [1.165, 1.54) is 0 Å². The van der Waals surface area contributed by atoms with Crippen molar-refractivity contribution in [1.82, 2.24) is 0 Å². The minimum Gasteiger partial charge on any atom is -0.506 e. The summed E-state index contributed by atoms with van der Waals surface area (Å²) >= 11 is 0. The SMILES string of the molecule is O=C1[C@@H]2[C@H](C(=O)N1c1cc([N+](=O)[O-])ccc1O)[C@@H]1CC[C@H]2O1. The Bertz CT molecular complexity index is 689. The van der Waals surface area contributed by atoms with Gasteiger partial charge in [-0.15, -0.1) is 0 Å². The molecule has 0 radical (unpaired) electrons. The number of carbonyl (C=O) groups excluding carboxylic acids is 2. The summed E-state index contributed by atoms with van der Waals surface area (Å²) in [5.74, 6) is -2.30. The van der Waals surface area contributed by atoms with Crippen LogP contribution in [0, 0.1) is 22.0 Å². The summed E-state index contributed by atoms with van der Waals surface area (Å²) in [6.07, 6.45) is 0.939. The van der Waals surface area contributed by atoms with Crippen LogP contribution in [-0.2, 0) is 14.3 Å². The highest BCUT2D eigenvalue weighted by Crippen LogP contribution is 2.50. The summed E-state index contributed by atoms with van der Waals surface area (Å²) < 4.78 is 5.62. The van der Waals surface area contributed by atoms with Gasteiger partial charge in [-0.05, 0) is 18.9 Å². The Hall–Kier alpha value is -2.48. The molecule has 8 nitrogen and oxygen atoms in total. The number of nitro benzene ring substituents is 1. The Labute approximate surface area is 124 Å². The predicted octanol–water partition coefficient (Wildman–Crippen LogP) is 0.967. The van der Waals surface area contributed by atoms with E-state index >= 15 is 0 Å². The number of hydrogen-bond acceptors (Lipinski definition) is 6. The average molecular weight is 304 g/mol. The number of hydrogen-bond donors (Lipinski definition) is 1. The van der Waals surface area contributed by atoms with Gasteiger partial charge in [0.15, 0.2) is 0 Å². The molecule has 2 bridgehead atoms. The van der Waals surface area contributed by atoms with E-state index in [4.69, 9.17) is 4.74 Å². The van der Waals surface area contributed by atoms with Crippen LogP contribution in [0.15, 0.2) is 18.2 Å². The Balaban J connectivity index is 1.78. The van der Waals surface area contributed by atoms with Crippen LogP contribution in [0.5, 0.6) is 5.75 Å². The van der Waals surface area contributed by atoms with E-state index in [2.05, 4.69) is 0 Å². The minimum atomic E-state index is -0.637. The molecule has 8 heteroatoms. The van der Waals surface area contributed by atoms with Gasteiger partial charge in [0.25, 0.3) is 5.69 Å². The summed E-state index contributed by atoms with van der Waals surface area (Å²) in [6.45, 7) is 0. The second-order valence-electron chi connectivity index (χ2n) is 5.78. The molecule has 0 spiro atoms. The zero-order valence-electron chi connectivity index (χ0n) is 11.3. The van der Waals surface area contributed by atoms with Crippen molar-refractivity contribution < 1.29 is 24.4 Å². The van der Waals surface area contributed by atoms with Crippen LogP contribution in [0.2, 0.25) is 0 Å². The molecule has 114 valence electrons. The van der Waals surface area contributed by atoms with E-state index in [0.717, 1.165) is 35.9 Å². The fraction of sp³-hybridized carbons (Fsp3) is 0.429. The van der Waals surface area contributed by atoms with Gasteiger partial charge in [0, 0.05) is 12.1 Å². The third-order valence-electron chi connectivity index (χ3n) is 4.70. The van der Waals surface area contributed by atoms with Gasteiger partial charge < -0.3 is 9.84 Å². The fourth-order valence-electron chi connectivity index (χ4n) is 3.75. The van der Waals surface area contributed by atoms with Crippen molar-refractivity contribution in [3.8, 4) is 5.75 Å². The zero-order chi connectivity index (χ0) is 15.6. The molecule has 2 amide bonds. The largest absolute Gasteiger partial charge is 0.506 e. The van der Waals surface area contributed by atoms with Crippen molar-refractivity contribution in [2.75, 3.05) is 4.90 Å². The molecule has 1 aromatic carbocycles. The maximum atomic E-state index is 12.6. The number of phenolic OH excluding ortho intramolecular Hbond substituents is 1. The quantitative estimate of drug-likeness (QED) is 0.495. The lowest BCUT2D eigenvalue weighted by Crippen LogP contribution is -2.34. The molecule has 0 aliphatic carbocycles. The topological polar surface area (TPSA) is 110 Å². The molecule has 1 aromatic rings. The zero-order valence-corrected chi connectivity index (χ0v) is 11.3. The van der Waals surface area contributed by atoms with Gasteiger partial charge in [-0.1, -0.05) is 0 Å². The molecule has 3 heterocycles. The summed E-state index contributed by atoms with van der Waals surface area (Å²) in [4.78, 5) is 36.2. The third kappa shape index (κ3) is 1.55. The Kier molecular flexibility index (Phi) is 2.56. The number of ether oxygens (including phenoxy) is 1. The summed E-state index contributed by atoms with van der Waals surface area (Å²) in [7, 11) is 0. The fourth-order valence-corrected chi connectivity index (χ4v) is 3.75. The van der Waals surface area contributed by atoms with Crippen molar-refractivity contribution in [3.63, 3.8) is 0 Å². The lowest BCUT2D eigenvalue weighted by Gasteiger charge is -2.18. The number of imide groups is 1. The molecule has 4 atom stereocenters. The smallest absolute Gasteiger partial charge is 0.271 e. The van der Waals surface area contributed by atoms with Gasteiger partial charge in [-0.25, -0.2) is 4.90 Å². The molecule has 4 rings (SSSR count). The predicted molar refractivity (Wildman–Crippen MR) is 72.1 cm³/mol. The molecule has 0 aromatic heterocycles. The standard InChI is InChI=1S/C14H12N2O6/c17-8-2-1-6(16(20)21)5-7(8)15-13(18)11-9-3-4-10(22-9)12(11)14(15)19/h1-2,5,9-12,17H,3-4H2/t9-,10+,11+,12-. The van der Waals surface area contributed by atoms with E-state index < -0.39 is 28.6 Å². The number of amides is 2. The van der Waals surface area contributed by atoms with Gasteiger partial charge in [0.1, 0.15) is 11.4 Å². The van der Waals surface area contributed by atoms with E-state index in [-0.39, 0.29) is 29.3 Å². The van der Waals surface area contributed by atoms with E-state index in [9.17, 15) is 24.8 Å². The molecule has 1 N–H and O–H groups in total. The number of nitrogens with zero attached hydrogens (tertiary/aromatic N) is 2. The van der Waals surface area contributed by atoms with Crippen LogP contribution in [-0.4, -0.2) is 34.1 Å². The first kappa shape index (κ1) is 13.2. The number of carbonyl (C=O) groups is 2. The van der Waals surface area contributed by atoms with Crippen LogP contribution >= 0.6 is 0 Å². The van der Waals surface area contributed by atoms with E-state index in [1.807, 2.05) is 0 Å². The highest BCUT2D eigenvalue weighted by Gasteiger charge is 2.62. The minimum absolute atomic E-state index is 0.127. The number of rotatable bonds is 2. The summed E-state index contributed by atoms with van der Waals surface area (Å²) in [5.41, 5.74) is -0.414. The lowest BCUT2D eigenvalue weighted by atomic mass is 9.81. The number of non-ortho nitro benzene ring substituents is 1. The molecular weight excluding hydrogens is 292 g/mol.